The van der Waals surface area contributed by atoms with Crippen LogP contribution in [0.1, 0.15) is 46.6 Å². The van der Waals surface area contributed by atoms with Gasteiger partial charge in [0, 0.05) is 30.6 Å². The molecule has 0 saturated carbocycles. The van der Waals surface area contributed by atoms with Crippen LogP contribution in [-0.2, 0) is 27.8 Å². The van der Waals surface area contributed by atoms with Crippen LogP contribution in [0.2, 0.25) is 0 Å². The first kappa shape index (κ1) is 20.0. The average molecular weight is 358 g/mol. The summed E-state index contributed by atoms with van der Waals surface area (Å²) in [7, 11) is 2.00. The van der Waals surface area contributed by atoms with E-state index in [0.717, 1.165) is 16.5 Å². The maximum atomic E-state index is 12.4. The molecular weight excluding hydrogens is 328 g/mol. The van der Waals surface area contributed by atoms with Crippen molar-refractivity contribution in [1.82, 2.24) is 9.88 Å². The summed E-state index contributed by atoms with van der Waals surface area (Å²) in [6.45, 7) is 9.28. The third-order valence-electron chi connectivity index (χ3n) is 4.24. The van der Waals surface area contributed by atoms with Crippen LogP contribution in [0.5, 0.6) is 0 Å². The minimum absolute atomic E-state index is 0.0358. The number of amides is 1. The van der Waals surface area contributed by atoms with E-state index in [1.807, 2.05) is 53.8 Å². The molecule has 0 spiro atoms. The molecule has 0 saturated heterocycles. The minimum Gasteiger partial charge on any atom is -0.458 e. The molecule has 2 aromatic rings. The molecule has 0 fully saturated rings. The van der Waals surface area contributed by atoms with Crippen LogP contribution < -0.4 is 5.32 Å². The van der Waals surface area contributed by atoms with Crippen molar-refractivity contribution in [3.8, 4) is 0 Å². The third kappa shape index (κ3) is 5.10. The van der Waals surface area contributed by atoms with E-state index >= 15 is 0 Å². The summed E-state index contributed by atoms with van der Waals surface area (Å²) in [5.41, 5.74) is 1.71. The largest absolute Gasteiger partial charge is 0.458 e. The van der Waals surface area contributed by atoms with Crippen LogP contribution in [0.3, 0.4) is 0 Å². The van der Waals surface area contributed by atoms with Gasteiger partial charge in [-0.05, 0) is 44.7 Å². The van der Waals surface area contributed by atoms with E-state index in [0.29, 0.717) is 12.8 Å². The molecule has 1 aromatic heterocycles. The van der Waals surface area contributed by atoms with Crippen molar-refractivity contribution < 1.29 is 14.3 Å². The van der Waals surface area contributed by atoms with Crippen molar-refractivity contribution in [3.05, 3.63) is 36.0 Å². The molecular formula is C21H30N2O3. The number of hydrogen-bond acceptors (Lipinski definition) is 3. The number of para-hydroxylation sites is 1. The maximum absolute atomic E-state index is 12.4. The van der Waals surface area contributed by atoms with E-state index in [1.54, 1.807) is 0 Å². The molecule has 26 heavy (non-hydrogen) atoms. The second-order valence-corrected chi connectivity index (χ2v) is 8.11. The van der Waals surface area contributed by atoms with Gasteiger partial charge in [0.1, 0.15) is 11.6 Å². The molecule has 0 unspecified atom stereocenters. The monoisotopic (exact) mass is 358 g/mol. The fourth-order valence-electron chi connectivity index (χ4n) is 2.98. The standard InChI is InChI=1S/C21H30N2O3/c1-14(2)19(20(25)26-21(3,4)5)22-18(24)12-11-15-13-23(6)17-10-8-7-9-16(15)17/h7-10,13-14,19H,11-12H2,1-6H3,(H,22,24)/t19-/m0/s1. The van der Waals surface area contributed by atoms with E-state index in [2.05, 4.69) is 28.2 Å². The van der Waals surface area contributed by atoms with Crippen LogP contribution in [0, 0.1) is 5.92 Å². The SMILES string of the molecule is CC(C)[C@H](NC(=O)CCc1cn(C)c2ccccc12)C(=O)OC(C)(C)C. The Kier molecular flexibility index (Phi) is 6.11. The zero-order chi connectivity index (χ0) is 19.5. The Morgan fingerprint density at radius 2 is 1.85 bits per heavy atom. The van der Waals surface area contributed by atoms with Crippen molar-refractivity contribution in [2.45, 2.75) is 59.1 Å². The number of carbonyl (C=O) groups excluding carboxylic acids is 2. The highest BCUT2D eigenvalue weighted by Crippen LogP contribution is 2.21. The third-order valence-corrected chi connectivity index (χ3v) is 4.24. The van der Waals surface area contributed by atoms with Gasteiger partial charge in [0.2, 0.25) is 5.91 Å². The van der Waals surface area contributed by atoms with Gasteiger partial charge in [-0.2, -0.15) is 0 Å². The van der Waals surface area contributed by atoms with E-state index in [9.17, 15) is 9.59 Å². The van der Waals surface area contributed by atoms with Crippen LogP contribution >= 0.6 is 0 Å². The number of aryl methyl sites for hydroxylation is 2. The molecule has 0 bridgehead atoms. The highest BCUT2D eigenvalue weighted by atomic mass is 16.6. The van der Waals surface area contributed by atoms with Gasteiger partial charge in [-0.25, -0.2) is 4.79 Å². The molecule has 142 valence electrons. The molecule has 0 aliphatic carbocycles. The van der Waals surface area contributed by atoms with Crippen LogP contribution in [0.25, 0.3) is 10.9 Å². The normalized spacial score (nSPS) is 13.0. The van der Waals surface area contributed by atoms with Crippen molar-refractivity contribution in [1.29, 1.82) is 0 Å². The molecule has 1 amide bonds. The Hall–Kier alpha value is -2.30. The number of hydrogen-bond donors (Lipinski definition) is 1. The minimum atomic E-state index is -0.630. The highest BCUT2D eigenvalue weighted by Gasteiger charge is 2.29. The van der Waals surface area contributed by atoms with E-state index in [-0.39, 0.29) is 17.8 Å². The number of nitrogens with one attached hydrogen (secondary N) is 1. The smallest absolute Gasteiger partial charge is 0.329 e. The molecule has 0 aliphatic heterocycles. The summed E-state index contributed by atoms with van der Waals surface area (Å²) < 4.78 is 7.50. The van der Waals surface area contributed by atoms with Crippen molar-refractivity contribution in [2.24, 2.45) is 13.0 Å². The Morgan fingerprint density at radius 1 is 1.19 bits per heavy atom. The maximum Gasteiger partial charge on any atom is 0.329 e. The predicted molar refractivity (Wildman–Crippen MR) is 104 cm³/mol. The van der Waals surface area contributed by atoms with E-state index in [1.165, 1.54) is 0 Å². The summed E-state index contributed by atoms with van der Waals surface area (Å²) in [4.78, 5) is 24.8. The second kappa shape index (κ2) is 7.94. The fourth-order valence-corrected chi connectivity index (χ4v) is 2.98. The van der Waals surface area contributed by atoms with E-state index in [4.69, 9.17) is 4.74 Å². The van der Waals surface area contributed by atoms with Gasteiger partial charge in [0.05, 0.1) is 0 Å². The Bertz CT molecular complexity index is 784. The van der Waals surface area contributed by atoms with Gasteiger partial charge in [-0.1, -0.05) is 32.0 Å². The Balaban J connectivity index is 2.01. The average Bonchev–Trinajstić information content (AvgIpc) is 2.85. The zero-order valence-electron chi connectivity index (χ0n) is 16.6. The molecule has 1 atom stereocenters. The summed E-state index contributed by atoms with van der Waals surface area (Å²) in [6, 6.07) is 7.51. The van der Waals surface area contributed by atoms with Crippen molar-refractivity contribution in [2.75, 3.05) is 0 Å². The molecule has 2 rings (SSSR count). The molecule has 5 heteroatoms. The number of ether oxygens (including phenoxy) is 1. The summed E-state index contributed by atoms with van der Waals surface area (Å²) in [6.07, 6.45) is 3.03. The first-order valence-corrected chi connectivity index (χ1v) is 9.13. The molecule has 1 heterocycles. The predicted octanol–water partition coefficient (Wildman–Crippen LogP) is 3.59. The zero-order valence-corrected chi connectivity index (χ0v) is 16.6. The second-order valence-electron chi connectivity index (χ2n) is 8.11. The van der Waals surface area contributed by atoms with Crippen LogP contribution in [-0.4, -0.2) is 28.1 Å². The summed E-state index contributed by atoms with van der Waals surface area (Å²) in [5.74, 6) is -0.556. The van der Waals surface area contributed by atoms with Crippen LogP contribution in [0.15, 0.2) is 30.5 Å². The quantitative estimate of drug-likeness (QED) is 0.803. The van der Waals surface area contributed by atoms with Crippen LogP contribution in [0.4, 0.5) is 0 Å². The number of nitrogens with zero attached hydrogens (tertiary/aromatic N) is 1. The topological polar surface area (TPSA) is 60.3 Å². The summed E-state index contributed by atoms with van der Waals surface area (Å²) >= 11 is 0. The highest BCUT2D eigenvalue weighted by molar-refractivity contribution is 5.87. The van der Waals surface area contributed by atoms with Gasteiger partial charge in [-0.15, -0.1) is 0 Å². The molecule has 1 N–H and O–H groups in total. The van der Waals surface area contributed by atoms with Crippen molar-refractivity contribution >= 4 is 22.8 Å². The molecule has 0 aliphatic rings. The van der Waals surface area contributed by atoms with Gasteiger partial charge in [-0.3, -0.25) is 4.79 Å². The van der Waals surface area contributed by atoms with E-state index < -0.39 is 11.6 Å². The lowest BCUT2D eigenvalue weighted by Gasteiger charge is -2.26. The number of fused-ring (bicyclic) bond motifs is 1. The Morgan fingerprint density at radius 3 is 2.46 bits per heavy atom. The lowest BCUT2D eigenvalue weighted by atomic mass is 10.0. The van der Waals surface area contributed by atoms with Crippen molar-refractivity contribution in [3.63, 3.8) is 0 Å². The lowest BCUT2D eigenvalue weighted by molar-refractivity contribution is -0.160. The number of carbonyl (C=O) groups is 2. The number of aromatic nitrogens is 1. The lowest BCUT2D eigenvalue weighted by Crippen LogP contribution is -2.47. The Labute approximate surface area is 155 Å². The molecule has 0 radical (unpaired) electrons. The van der Waals surface area contributed by atoms with Gasteiger partial charge < -0.3 is 14.6 Å². The van der Waals surface area contributed by atoms with Gasteiger partial charge in [0.25, 0.3) is 0 Å². The summed E-state index contributed by atoms with van der Waals surface area (Å²) in [5, 5.41) is 4.01. The number of benzene rings is 1. The van der Waals surface area contributed by atoms with Gasteiger partial charge in [0.15, 0.2) is 0 Å². The molecule has 5 nitrogen and oxygen atoms in total. The number of rotatable bonds is 6. The first-order valence-electron chi connectivity index (χ1n) is 9.13. The number of esters is 1. The molecule has 1 aromatic carbocycles. The first-order chi connectivity index (χ1) is 12.1. The van der Waals surface area contributed by atoms with Gasteiger partial charge >= 0.3 is 5.97 Å². The fraction of sp³-hybridized carbons (Fsp3) is 0.524.